The van der Waals surface area contributed by atoms with Gasteiger partial charge in [-0.25, -0.2) is 9.59 Å². The molecule has 2 fully saturated rings. The van der Waals surface area contributed by atoms with Gasteiger partial charge in [-0.05, 0) is 62.4 Å². The zero-order valence-corrected chi connectivity index (χ0v) is 23.2. The van der Waals surface area contributed by atoms with Gasteiger partial charge in [-0.1, -0.05) is 18.2 Å². The van der Waals surface area contributed by atoms with Gasteiger partial charge >= 0.3 is 30.9 Å². The van der Waals surface area contributed by atoms with Gasteiger partial charge in [0.05, 0.1) is 36.0 Å². The second-order valence-electron chi connectivity index (χ2n) is 10.5. The van der Waals surface area contributed by atoms with Gasteiger partial charge < -0.3 is 14.2 Å². The summed E-state index contributed by atoms with van der Waals surface area (Å²) in [6.07, 6.45) is -15.2. The highest BCUT2D eigenvalue weighted by atomic mass is 19.4. The number of ether oxygens (including phenoxy) is 3. The molecule has 2 amide bonds. The molecule has 1 aromatic rings. The van der Waals surface area contributed by atoms with Crippen molar-refractivity contribution in [2.24, 2.45) is 11.8 Å². The van der Waals surface area contributed by atoms with Gasteiger partial charge in [0.1, 0.15) is 11.9 Å². The number of carbonyl (C=O) groups is 2. The van der Waals surface area contributed by atoms with E-state index in [2.05, 4.69) is 4.74 Å². The van der Waals surface area contributed by atoms with Gasteiger partial charge in [-0.15, -0.1) is 13.2 Å². The molecule has 7 nitrogen and oxygen atoms in total. The van der Waals surface area contributed by atoms with Gasteiger partial charge in [0, 0.05) is 12.5 Å². The average Bonchev–Trinajstić information content (AvgIpc) is 3.70. The number of benzene rings is 1. The van der Waals surface area contributed by atoms with Crippen LogP contribution in [0.4, 0.5) is 54.8 Å². The lowest BCUT2D eigenvalue weighted by molar-refractivity contribution is -0.274. The van der Waals surface area contributed by atoms with Gasteiger partial charge in [0.25, 0.3) is 0 Å². The van der Waals surface area contributed by atoms with Crippen molar-refractivity contribution < 1.29 is 63.3 Å². The molecule has 2 aliphatic carbocycles. The number of nitrogens with zero attached hydrogens (tertiary/aromatic N) is 2. The number of halogens is 9. The Morgan fingerprint density at radius 1 is 1.05 bits per heavy atom. The van der Waals surface area contributed by atoms with Crippen LogP contribution in [0.1, 0.15) is 32.3 Å². The highest BCUT2D eigenvalue weighted by molar-refractivity contribution is 5.89. The maximum atomic E-state index is 13.6. The molecule has 44 heavy (non-hydrogen) atoms. The highest BCUT2D eigenvalue weighted by Crippen LogP contribution is 2.40. The van der Waals surface area contributed by atoms with Crippen molar-refractivity contribution in [2.75, 3.05) is 18.1 Å². The third-order valence-corrected chi connectivity index (χ3v) is 7.20. The highest BCUT2D eigenvalue weighted by Gasteiger charge is 2.45. The summed E-state index contributed by atoms with van der Waals surface area (Å²) in [7, 11) is 0. The van der Waals surface area contributed by atoms with Crippen molar-refractivity contribution >= 4 is 17.9 Å². The number of hydrogen-bond acceptors (Lipinski definition) is 5. The standard InChI is InChI=1S/C28H27F9N2O5/c1-3-42-24(40)39(13-16-4-5-16)22-9-8-21(44-28(35,36)37)11-18(22)14-38-15(2)23(43-25(38)41)17-6-7-19(26(29,30)31)12-20(10-17)27(32,33)34/h6-12,15-17,23H,3-5,13-14H2,1-2H3/t15-,17?,23-/m0/s1. The second kappa shape index (κ2) is 12.3. The lowest BCUT2D eigenvalue weighted by Gasteiger charge is -2.28. The number of cyclic esters (lactones) is 1. The van der Waals surface area contributed by atoms with E-state index in [1.165, 1.54) is 17.9 Å². The maximum absolute atomic E-state index is 13.6. The van der Waals surface area contributed by atoms with Crippen LogP contribution in [0, 0.1) is 11.8 Å². The number of carbonyl (C=O) groups excluding carboxylic acids is 2. The van der Waals surface area contributed by atoms with Gasteiger partial charge in [-0.3, -0.25) is 9.80 Å². The predicted molar refractivity (Wildman–Crippen MR) is 136 cm³/mol. The van der Waals surface area contributed by atoms with Crippen molar-refractivity contribution in [3.05, 3.63) is 59.2 Å². The van der Waals surface area contributed by atoms with Crippen LogP contribution in [-0.4, -0.2) is 61.1 Å². The Morgan fingerprint density at radius 3 is 2.27 bits per heavy atom. The Bertz CT molecular complexity index is 1350. The SMILES string of the molecule is CCOC(=O)N(CC1CC1)c1ccc(OC(F)(F)F)cc1CN1C(=O)O[C@H](C2C=CC(C(F)(F)F)=CC(C(F)(F)F)=C2)[C@@H]1C. The second-order valence-corrected chi connectivity index (χ2v) is 10.5. The van der Waals surface area contributed by atoms with Crippen LogP contribution < -0.4 is 9.64 Å². The fourth-order valence-electron chi connectivity index (χ4n) is 4.90. The van der Waals surface area contributed by atoms with Gasteiger partial charge in [0.15, 0.2) is 0 Å². The largest absolute Gasteiger partial charge is 0.573 e. The van der Waals surface area contributed by atoms with Crippen molar-refractivity contribution in [2.45, 2.75) is 64.1 Å². The Morgan fingerprint density at radius 2 is 1.70 bits per heavy atom. The number of allylic oxidation sites excluding steroid dienone is 4. The molecule has 0 radical (unpaired) electrons. The van der Waals surface area contributed by atoms with E-state index >= 15 is 0 Å². The summed E-state index contributed by atoms with van der Waals surface area (Å²) in [6.45, 7) is 2.61. The Labute approximate surface area is 245 Å². The van der Waals surface area contributed by atoms with E-state index in [0.717, 1.165) is 36.0 Å². The van der Waals surface area contributed by atoms with E-state index in [-0.39, 0.29) is 36.4 Å². The summed E-state index contributed by atoms with van der Waals surface area (Å²) in [4.78, 5) is 28.0. The molecule has 1 aromatic carbocycles. The van der Waals surface area contributed by atoms with Crippen molar-refractivity contribution in [1.29, 1.82) is 0 Å². The summed E-state index contributed by atoms with van der Waals surface area (Å²) < 4.78 is 134. The summed E-state index contributed by atoms with van der Waals surface area (Å²) >= 11 is 0. The minimum absolute atomic E-state index is 0.00495. The van der Waals surface area contributed by atoms with Crippen LogP contribution in [0.5, 0.6) is 5.75 Å². The van der Waals surface area contributed by atoms with E-state index in [4.69, 9.17) is 9.47 Å². The average molecular weight is 643 g/mol. The van der Waals surface area contributed by atoms with E-state index in [1.54, 1.807) is 6.92 Å². The van der Waals surface area contributed by atoms with Crippen LogP contribution in [0.3, 0.4) is 0 Å². The molecule has 1 unspecified atom stereocenters. The van der Waals surface area contributed by atoms with Crippen LogP contribution in [0.25, 0.3) is 0 Å². The topological polar surface area (TPSA) is 68.3 Å². The molecular formula is C28H27F9N2O5. The van der Waals surface area contributed by atoms with Crippen LogP contribution >= 0.6 is 0 Å². The number of alkyl halides is 9. The summed E-state index contributed by atoms with van der Waals surface area (Å²) in [5.74, 6) is -2.01. The van der Waals surface area contributed by atoms with Gasteiger partial charge in [-0.2, -0.15) is 26.3 Å². The predicted octanol–water partition coefficient (Wildman–Crippen LogP) is 7.83. The Hall–Kier alpha value is -3.85. The van der Waals surface area contributed by atoms with E-state index < -0.39 is 72.4 Å². The Kier molecular flexibility index (Phi) is 9.22. The minimum Gasteiger partial charge on any atom is -0.449 e. The number of rotatable bonds is 8. The maximum Gasteiger partial charge on any atom is 0.573 e. The summed E-state index contributed by atoms with van der Waals surface area (Å²) in [6, 6.07) is 2.05. The first kappa shape index (κ1) is 33.1. The minimum atomic E-state index is -5.15. The zero-order chi connectivity index (χ0) is 32.6. The fourth-order valence-corrected chi connectivity index (χ4v) is 4.90. The molecule has 3 aliphatic rings. The molecule has 1 saturated carbocycles. The lowest BCUT2D eigenvalue weighted by atomic mass is 9.94. The third-order valence-electron chi connectivity index (χ3n) is 7.20. The number of hydrogen-bond donors (Lipinski definition) is 0. The van der Waals surface area contributed by atoms with E-state index in [1.807, 2.05) is 0 Å². The van der Waals surface area contributed by atoms with E-state index in [0.29, 0.717) is 12.2 Å². The summed E-state index contributed by atoms with van der Waals surface area (Å²) in [5, 5.41) is 0. The van der Waals surface area contributed by atoms with Crippen LogP contribution in [0.2, 0.25) is 0 Å². The summed E-state index contributed by atoms with van der Waals surface area (Å²) in [5.41, 5.74) is -3.06. The molecule has 0 bridgehead atoms. The van der Waals surface area contributed by atoms with Crippen molar-refractivity contribution in [1.82, 2.24) is 4.90 Å². The molecule has 3 atom stereocenters. The van der Waals surface area contributed by atoms with Crippen molar-refractivity contribution in [3.8, 4) is 5.75 Å². The normalized spacial score (nSPS) is 22.7. The van der Waals surface area contributed by atoms with Crippen LogP contribution in [0.15, 0.2) is 53.6 Å². The lowest BCUT2D eigenvalue weighted by Crippen LogP contribution is -2.38. The first-order valence-corrected chi connectivity index (χ1v) is 13.4. The molecular weight excluding hydrogens is 615 g/mol. The van der Waals surface area contributed by atoms with Gasteiger partial charge in [0.2, 0.25) is 0 Å². The number of amides is 2. The monoisotopic (exact) mass is 642 g/mol. The first-order valence-electron chi connectivity index (χ1n) is 13.4. The first-order chi connectivity index (χ1) is 20.4. The zero-order valence-electron chi connectivity index (χ0n) is 23.2. The van der Waals surface area contributed by atoms with Crippen LogP contribution in [-0.2, 0) is 16.0 Å². The smallest absolute Gasteiger partial charge is 0.449 e. The molecule has 1 saturated heterocycles. The fraction of sp³-hybridized carbons (Fsp3) is 0.500. The van der Waals surface area contributed by atoms with Crippen molar-refractivity contribution in [3.63, 3.8) is 0 Å². The molecule has 0 spiro atoms. The quantitative estimate of drug-likeness (QED) is 0.271. The molecule has 242 valence electrons. The molecule has 16 heteroatoms. The Balaban J connectivity index is 1.68. The molecule has 1 aliphatic heterocycles. The van der Waals surface area contributed by atoms with E-state index in [9.17, 15) is 49.1 Å². The third kappa shape index (κ3) is 8.00. The molecule has 4 rings (SSSR count). The molecule has 0 N–H and O–H groups in total. The number of anilines is 1. The molecule has 0 aromatic heterocycles. The molecule has 1 heterocycles.